The van der Waals surface area contributed by atoms with Gasteiger partial charge in [-0.1, -0.05) is 43.5 Å². The van der Waals surface area contributed by atoms with Crippen molar-refractivity contribution in [2.45, 2.75) is 56.9 Å². The predicted octanol–water partition coefficient (Wildman–Crippen LogP) is 3.76. The van der Waals surface area contributed by atoms with Crippen LogP contribution in [0.5, 0.6) is 0 Å². The number of hydrogen-bond donors (Lipinski definition) is 1. The lowest BCUT2D eigenvalue weighted by Crippen LogP contribution is -2.35. The van der Waals surface area contributed by atoms with Gasteiger partial charge in [-0.05, 0) is 43.2 Å². The highest BCUT2D eigenvalue weighted by Crippen LogP contribution is 2.57. The molecule has 0 amide bonds. The first-order valence-corrected chi connectivity index (χ1v) is 7.06. The summed E-state index contributed by atoms with van der Waals surface area (Å²) in [4.78, 5) is 0. The summed E-state index contributed by atoms with van der Waals surface area (Å²) in [5.41, 5.74) is 9.72. The molecule has 2 aliphatic carbocycles. The second-order valence-corrected chi connectivity index (χ2v) is 6.06. The molecule has 0 bridgehead atoms. The van der Waals surface area contributed by atoms with E-state index in [9.17, 15) is 0 Å². The second-order valence-electron chi connectivity index (χ2n) is 6.06. The van der Waals surface area contributed by atoms with E-state index >= 15 is 0 Å². The van der Waals surface area contributed by atoms with Gasteiger partial charge in [0, 0.05) is 11.5 Å². The van der Waals surface area contributed by atoms with Crippen molar-refractivity contribution in [1.29, 1.82) is 0 Å². The van der Waals surface area contributed by atoms with E-state index in [1.165, 1.54) is 49.7 Å². The third-order valence-corrected chi connectivity index (χ3v) is 4.98. The number of nitrogens with two attached hydrogens (primary N) is 1. The van der Waals surface area contributed by atoms with E-state index in [0.29, 0.717) is 5.92 Å². The lowest BCUT2D eigenvalue weighted by Gasteiger charge is -2.28. The number of aryl methyl sites for hydroxylation is 1. The van der Waals surface area contributed by atoms with Crippen molar-refractivity contribution in [3.63, 3.8) is 0 Å². The van der Waals surface area contributed by atoms with Gasteiger partial charge >= 0.3 is 0 Å². The van der Waals surface area contributed by atoms with Crippen LogP contribution in [0.3, 0.4) is 0 Å². The monoisotopic (exact) mass is 229 g/mol. The van der Waals surface area contributed by atoms with Crippen molar-refractivity contribution in [1.82, 2.24) is 0 Å². The summed E-state index contributed by atoms with van der Waals surface area (Å²) in [7, 11) is 0. The van der Waals surface area contributed by atoms with E-state index < -0.39 is 0 Å². The van der Waals surface area contributed by atoms with E-state index in [1.54, 1.807) is 0 Å². The van der Waals surface area contributed by atoms with Gasteiger partial charge in [0.1, 0.15) is 0 Å². The molecule has 2 saturated carbocycles. The van der Waals surface area contributed by atoms with Crippen LogP contribution in [0.1, 0.15) is 55.6 Å². The van der Waals surface area contributed by atoms with Crippen molar-refractivity contribution in [3.05, 3.63) is 35.4 Å². The summed E-state index contributed by atoms with van der Waals surface area (Å²) in [6.45, 7) is 2.22. The van der Waals surface area contributed by atoms with Gasteiger partial charge in [-0.2, -0.15) is 0 Å². The van der Waals surface area contributed by atoms with Crippen LogP contribution in [-0.4, -0.2) is 5.54 Å². The van der Waals surface area contributed by atoms with Gasteiger partial charge < -0.3 is 5.73 Å². The fourth-order valence-electron chi connectivity index (χ4n) is 3.76. The summed E-state index contributed by atoms with van der Waals surface area (Å²) in [6, 6.07) is 8.77. The average Bonchev–Trinajstić information content (AvgIpc) is 3.05. The molecule has 92 valence electrons. The largest absolute Gasteiger partial charge is 0.324 e. The Morgan fingerprint density at radius 3 is 2.53 bits per heavy atom. The van der Waals surface area contributed by atoms with E-state index in [2.05, 4.69) is 31.2 Å². The molecule has 0 aliphatic heterocycles. The lowest BCUT2D eigenvalue weighted by molar-refractivity contribution is 0.286. The highest BCUT2D eigenvalue weighted by Gasteiger charge is 2.56. The molecule has 17 heavy (non-hydrogen) atoms. The highest BCUT2D eigenvalue weighted by atomic mass is 14.9. The standard InChI is InChI=1S/C16H23N/c1-12-7-5-6-10-14(12)15-11-16(15,17)13-8-3-2-4-9-13/h5-7,10,13,15H,2-4,8-9,11,17H2,1H3. The van der Waals surface area contributed by atoms with Crippen LogP contribution in [0, 0.1) is 12.8 Å². The van der Waals surface area contributed by atoms with Gasteiger partial charge in [0.05, 0.1) is 0 Å². The van der Waals surface area contributed by atoms with Gasteiger partial charge in [0.25, 0.3) is 0 Å². The fraction of sp³-hybridized carbons (Fsp3) is 0.625. The molecule has 2 aliphatic rings. The summed E-state index contributed by atoms with van der Waals surface area (Å²) in [5.74, 6) is 1.41. The van der Waals surface area contributed by atoms with Crippen LogP contribution >= 0.6 is 0 Å². The van der Waals surface area contributed by atoms with E-state index in [1.807, 2.05) is 0 Å². The van der Waals surface area contributed by atoms with Crippen molar-refractivity contribution in [3.8, 4) is 0 Å². The van der Waals surface area contributed by atoms with Crippen LogP contribution in [-0.2, 0) is 0 Å². The zero-order chi connectivity index (χ0) is 11.9. The normalized spacial score (nSPS) is 33.6. The maximum Gasteiger partial charge on any atom is 0.0259 e. The van der Waals surface area contributed by atoms with Gasteiger partial charge in [0.2, 0.25) is 0 Å². The van der Waals surface area contributed by atoms with Crippen LogP contribution in [0.15, 0.2) is 24.3 Å². The number of hydrogen-bond acceptors (Lipinski definition) is 1. The third kappa shape index (κ3) is 1.91. The molecular formula is C16H23N. The van der Waals surface area contributed by atoms with Crippen molar-refractivity contribution >= 4 is 0 Å². The Morgan fingerprint density at radius 2 is 1.82 bits per heavy atom. The Kier molecular flexibility index (Phi) is 2.74. The molecule has 2 atom stereocenters. The molecule has 2 fully saturated rings. The van der Waals surface area contributed by atoms with E-state index in [4.69, 9.17) is 5.73 Å². The molecule has 3 rings (SSSR count). The zero-order valence-electron chi connectivity index (χ0n) is 10.8. The van der Waals surface area contributed by atoms with Crippen molar-refractivity contribution in [2.75, 3.05) is 0 Å². The van der Waals surface area contributed by atoms with E-state index in [-0.39, 0.29) is 5.54 Å². The minimum absolute atomic E-state index is 0.131. The molecule has 1 nitrogen and oxygen atoms in total. The molecule has 0 radical (unpaired) electrons. The van der Waals surface area contributed by atoms with E-state index in [0.717, 1.165) is 5.92 Å². The first-order valence-electron chi connectivity index (χ1n) is 7.06. The summed E-state index contributed by atoms with van der Waals surface area (Å²) >= 11 is 0. The molecule has 0 heterocycles. The Morgan fingerprint density at radius 1 is 1.12 bits per heavy atom. The Balaban J connectivity index is 1.78. The molecule has 1 aromatic rings. The molecule has 2 unspecified atom stereocenters. The number of benzene rings is 1. The topological polar surface area (TPSA) is 26.0 Å². The smallest absolute Gasteiger partial charge is 0.0259 e. The van der Waals surface area contributed by atoms with Crippen LogP contribution < -0.4 is 5.73 Å². The maximum atomic E-state index is 6.67. The SMILES string of the molecule is Cc1ccccc1C1CC1(N)C1CCCCC1. The Hall–Kier alpha value is -0.820. The van der Waals surface area contributed by atoms with Crippen LogP contribution in [0.4, 0.5) is 0 Å². The fourth-order valence-corrected chi connectivity index (χ4v) is 3.76. The quantitative estimate of drug-likeness (QED) is 0.821. The zero-order valence-corrected chi connectivity index (χ0v) is 10.8. The molecule has 0 spiro atoms. The highest BCUT2D eigenvalue weighted by molar-refractivity contribution is 5.39. The maximum absolute atomic E-state index is 6.67. The summed E-state index contributed by atoms with van der Waals surface area (Å²) in [5, 5.41) is 0. The Labute approximate surface area is 104 Å². The molecule has 2 N–H and O–H groups in total. The first-order chi connectivity index (χ1) is 8.22. The van der Waals surface area contributed by atoms with Gasteiger partial charge in [0.15, 0.2) is 0 Å². The van der Waals surface area contributed by atoms with Crippen LogP contribution in [0.2, 0.25) is 0 Å². The summed E-state index contributed by atoms with van der Waals surface area (Å²) < 4.78 is 0. The minimum atomic E-state index is 0.131. The summed E-state index contributed by atoms with van der Waals surface area (Å²) in [6.07, 6.45) is 8.14. The van der Waals surface area contributed by atoms with Crippen molar-refractivity contribution < 1.29 is 0 Å². The van der Waals surface area contributed by atoms with Gasteiger partial charge in [-0.25, -0.2) is 0 Å². The van der Waals surface area contributed by atoms with Gasteiger partial charge in [-0.15, -0.1) is 0 Å². The minimum Gasteiger partial charge on any atom is -0.324 e. The van der Waals surface area contributed by atoms with Crippen LogP contribution in [0.25, 0.3) is 0 Å². The van der Waals surface area contributed by atoms with Gasteiger partial charge in [-0.3, -0.25) is 0 Å². The lowest BCUT2D eigenvalue weighted by atomic mass is 9.80. The Bertz CT molecular complexity index is 406. The van der Waals surface area contributed by atoms with Crippen molar-refractivity contribution in [2.24, 2.45) is 11.7 Å². The number of rotatable bonds is 2. The molecule has 0 aromatic heterocycles. The molecule has 1 heteroatoms. The predicted molar refractivity (Wildman–Crippen MR) is 72.0 cm³/mol. The average molecular weight is 229 g/mol. The second kappa shape index (κ2) is 4.13. The molecule has 0 saturated heterocycles. The first kappa shape index (κ1) is 11.3. The molecular weight excluding hydrogens is 206 g/mol. The molecule has 1 aromatic carbocycles. The third-order valence-electron chi connectivity index (χ3n) is 4.98.